The molecule has 152 valence electrons. The summed E-state index contributed by atoms with van der Waals surface area (Å²) in [6.07, 6.45) is 2.18. The molecule has 1 aliphatic rings. The van der Waals surface area contributed by atoms with E-state index in [0.717, 1.165) is 11.3 Å². The van der Waals surface area contributed by atoms with E-state index in [2.05, 4.69) is 10.4 Å². The first-order valence-electron chi connectivity index (χ1n) is 9.19. The molecule has 0 atom stereocenters. The number of hydrogen-bond donors (Lipinski definition) is 1. The third-order valence-corrected chi connectivity index (χ3v) is 6.45. The Hall–Kier alpha value is -2.26. The highest BCUT2D eigenvalue weighted by molar-refractivity contribution is 7.88. The van der Waals surface area contributed by atoms with E-state index in [1.807, 2.05) is 19.9 Å². The van der Waals surface area contributed by atoms with Crippen LogP contribution in [-0.2, 0) is 21.4 Å². The van der Waals surface area contributed by atoms with Gasteiger partial charge in [-0.3, -0.25) is 9.48 Å². The van der Waals surface area contributed by atoms with Crippen molar-refractivity contribution in [3.63, 3.8) is 0 Å². The lowest BCUT2D eigenvalue weighted by molar-refractivity contribution is -0.120. The van der Waals surface area contributed by atoms with E-state index in [-0.39, 0.29) is 17.6 Å². The van der Waals surface area contributed by atoms with Crippen LogP contribution in [0.4, 0.5) is 10.1 Å². The van der Waals surface area contributed by atoms with Gasteiger partial charge in [-0.2, -0.15) is 5.10 Å². The third-order valence-electron chi connectivity index (χ3n) is 5.14. The van der Waals surface area contributed by atoms with Crippen LogP contribution >= 0.6 is 0 Å². The molecule has 0 unspecified atom stereocenters. The summed E-state index contributed by atoms with van der Waals surface area (Å²) in [5.74, 6) is -0.652. The fraction of sp³-hybridized carbons (Fsp3) is 0.474. The Morgan fingerprint density at radius 2 is 1.96 bits per heavy atom. The summed E-state index contributed by atoms with van der Waals surface area (Å²) < 4.78 is 39.8. The predicted molar refractivity (Wildman–Crippen MR) is 105 cm³/mol. The van der Waals surface area contributed by atoms with Crippen LogP contribution in [-0.4, -0.2) is 47.8 Å². The van der Waals surface area contributed by atoms with Crippen molar-refractivity contribution in [3.8, 4) is 0 Å². The zero-order valence-corrected chi connectivity index (χ0v) is 17.1. The van der Waals surface area contributed by atoms with E-state index in [1.54, 1.807) is 10.7 Å². The third kappa shape index (κ3) is 4.59. The molecule has 1 amide bonds. The number of carbonyl (C=O) groups is 1. The lowest BCUT2D eigenvalue weighted by Crippen LogP contribution is -2.41. The van der Waals surface area contributed by atoms with E-state index < -0.39 is 10.0 Å². The molecule has 2 aromatic rings. The Balaban J connectivity index is 1.68. The molecule has 1 N–H and O–H groups in total. The fourth-order valence-corrected chi connectivity index (χ4v) is 4.39. The van der Waals surface area contributed by atoms with Gasteiger partial charge in [-0.05, 0) is 44.4 Å². The molecule has 7 nitrogen and oxygen atoms in total. The summed E-state index contributed by atoms with van der Waals surface area (Å²) >= 11 is 0. The number of aryl methyl sites for hydroxylation is 1. The molecule has 1 aromatic carbocycles. The summed E-state index contributed by atoms with van der Waals surface area (Å²) in [6, 6.07) is 6.34. The first kappa shape index (κ1) is 20.5. The zero-order chi connectivity index (χ0) is 20.5. The minimum absolute atomic E-state index is 0.121. The topological polar surface area (TPSA) is 84.3 Å². The highest BCUT2D eigenvalue weighted by Gasteiger charge is 2.29. The van der Waals surface area contributed by atoms with E-state index >= 15 is 0 Å². The van der Waals surface area contributed by atoms with Crippen LogP contribution in [0.15, 0.2) is 24.3 Å². The Morgan fingerprint density at radius 3 is 2.57 bits per heavy atom. The molecule has 0 saturated carbocycles. The zero-order valence-electron chi connectivity index (χ0n) is 16.3. The average Bonchev–Trinajstić information content (AvgIpc) is 2.88. The molecule has 9 heteroatoms. The van der Waals surface area contributed by atoms with Crippen molar-refractivity contribution in [2.45, 2.75) is 33.2 Å². The summed E-state index contributed by atoms with van der Waals surface area (Å²) in [6.45, 7) is 4.80. The maximum Gasteiger partial charge on any atom is 0.227 e. The molecule has 0 radical (unpaired) electrons. The number of anilines is 1. The highest BCUT2D eigenvalue weighted by Crippen LogP contribution is 2.25. The Morgan fingerprint density at radius 1 is 1.29 bits per heavy atom. The van der Waals surface area contributed by atoms with Crippen molar-refractivity contribution >= 4 is 21.6 Å². The van der Waals surface area contributed by atoms with Crippen LogP contribution in [0, 0.1) is 25.6 Å². The Labute approximate surface area is 164 Å². The predicted octanol–water partition coefficient (Wildman–Crippen LogP) is 2.30. The van der Waals surface area contributed by atoms with Gasteiger partial charge in [0.2, 0.25) is 15.9 Å². The first-order chi connectivity index (χ1) is 13.1. The monoisotopic (exact) mass is 408 g/mol. The van der Waals surface area contributed by atoms with Crippen molar-refractivity contribution in [3.05, 3.63) is 47.0 Å². The minimum atomic E-state index is -3.22. The van der Waals surface area contributed by atoms with Gasteiger partial charge in [-0.1, -0.05) is 12.1 Å². The molecule has 2 heterocycles. The fourth-order valence-electron chi connectivity index (χ4n) is 3.51. The smallest absolute Gasteiger partial charge is 0.227 e. The van der Waals surface area contributed by atoms with Gasteiger partial charge in [0, 0.05) is 19.0 Å². The number of nitrogens with one attached hydrogen (secondary N) is 1. The van der Waals surface area contributed by atoms with Gasteiger partial charge in [0.15, 0.2) is 0 Å². The lowest BCUT2D eigenvalue weighted by Gasteiger charge is -2.29. The standard InChI is InChI=1S/C19H25FN4O3S/c1-13-18(14(2)24(22-13)12-15-5-4-6-17(20)11-15)21-19(25)16-7-9-23(10-8-16)28(3,26)27/h4-6,11,16H,7-10,12H2,1-3H3,(H,21,25). The van der Waals surface area contributed by atoms with Crippen molar-refractivity contribution in [2.24, 2.45) is 5.92 Å². The maximum atomic E-state index is 13.4. The number of sulfonamides is 1. The number of piperidine rings is 1. The molecular weight excluding hydrogens is 383 g/mol. The molecule has 0 bridgehead atoms. The molecule has 0 spiro atoms. The molecule has 1 saturated heterocycles. The number of hydrogen-bond acceptors (Lipinski definition) is 4. The van der Waals surface area contributed by atoms with Crippen LogP contribution < -0.4 is 5.32 Å². The van der Waals surface area contributed by atoms with Gasteiger partial charge in [-0.25, -0.2) is 17.1 Å². The summed E-state index contributed by atoms with van der Waals surface area (Å²) in [7, 11) is -3.22. The summed E-state index contributed by atoms with van der Waals surface area (Å²) in [5, 5.41) is 7.42. The van der Waals surface area contributed by atoms with Crippen molar-refractivity contribution in [1.82, 2.24) is 14.1 Å². The van der Waals surface area contributed by atoms with Gasteiger partial charge < -0.3 is 5.32 Å². The Bertz CT molecular complexity index is 979. The molecule has 0 aliphatic carbocycles. The number of carbonyl (C=O) groups excluding carboxylic acids is 1. The molecular formula is C19H25FN4O3S. The largest absolute Gasteiger partial charge is 0.323 e. The molecule has 3 rings (SSSR count). The number of benzene rings is 1. The van der Waals surface area contributed by atoms with Crippen molar-refractivity contribution < 1.29 is 17.6 Å². The van der Waals surface area contributed by atoms with E-state index in [1.165, 1.54) is 22.7 Å². The second-order valence-corrected chi connectivity index (χ2v) is 9.24. The number of aromatic nitrogens is 2. The van der Waals surface area contributed by atoms with Crippen molar-refractivity contribution in [1.29, 1.82) is 0 Å². The molecule has 1 aliphatic heterocycles. The van der Waals surface area contributed by atoms with Crippen LogP contribution in [0.1, 0.15) is 29.8 Å². The number of rotatable bonds is 5. The molecule has 1 aromatic heterocycles. The van der Waals surface area contributed by atoms with Crippen LogP contribution in [0.5, 0.6) is 0 Å². The highest BCUT2D eigenvalue weighted by atomic mass is 32.2. The summed E-state index contributed by atoms with van der Waals surface area (Å²) in [5.41, 5.74) is 2.93. The van der Waals surface area contributed by atoms with Gasteiger partial charge in [0.25, 0.3) is 0 Å². The van der Waals surface area contributed by atoms with Crippen LogP contribution in [0.2, 0.25) is 0 Å². The quantitative estimate of drug-likeness (QED) is 0.823. The molecule has 28 heavy (non-hydrogen) atoms. The normalized spacial score (nSPS) is 16.3. The van der Waals surface area contributed by atoms with Gasteiger partial charge in [0.05, 0.1) is 29.9 Å². The first-order valence-corrected chi connectivity index (χ1v) is 11.0. The van der Waals surface area contributed by atoms with Crippen LogP contribution in [0.25, 0.3) is 0 Å². The molecule has 1 fully saturated rings. The minimum Gasteiger partial charge on any atom is -0.323 e. The maximum absolute atomic E-state index is 13.4. The van der Waals surface area contributed by atoms with E-state index in [9.17, 15) is 17.6 Å². The second-order valence-electron chi connectivity index (χ2n) is 7.26. The number of nitrogens with zero attached hydrogens (tertiary/aromatic N) is 3. The van der Waals surface area contributed by atoms with Crippen LogP contribution in [0.3, 0.4) is 0 Å². The van der Waals surface area contributed by atoms with E-state index in [0.29, 0.717) is 43.9 Å². The summed E-state index contributed by atoms with van der Waals surface area (Å²) in [4.78, 5) is 12.7. The van der Waals surface area contributed by atoms with Gasteiger partial charge in [-0.15, -0.1) is 0 Å². The lowest BCUT2D eigenvalue weighted by atomic mass is 9.97. The number of amides is 1. The van der Waals surface area contributed by atoms with Crippen molar-refractivity contribution in [2.75, 3.05) is 24.7 Å². The van der Waals surface area contributed by atoms with Gasteiger partial charge in [0.1, 0.15) is 5.82 Å². The van der Waals surface area contributed by atoms with Gasteiger partial charge >= 0.3 is 0 Å². The average molecular weight is 408 g/mol. The number of halogens is 1. The van der Waals surface area contributed by atoms with E-state index in [4.69, 9.17) is 0 Å². The SMILES string of the molecule is Cc1nn(Cc2cccc(F)c2)c(C)c1NC(=O)C1CCN(S(C)(=O)=O)CC1. The Kier molecular flexibility index (Phi) is 5.85. The second kappa shape index (κ2) is 8.00.